The molecule has 4 nitrogen and oxygen atoms in total. The molecule has 1 aromatic carbocycles. The maximum absolute atomic E-state index is 9.31. The molecule has 4 heteroatoms. The first-order chi connectivity index (χ1) is 5.79. The highest BCUT2D eigenvalue weighted by atomic mass is 16.3. The van der Waals surface area contributed by atoms with Crippen molar-refractivity contribution >= 4 is 0 Å². The van der Waals surface area contributed by atoms with Gasteiger partial charge < -0.3 is 10.2 Å². The number of azo groups is 1. The molecule has 0 amide bonds. The molecule has 12 heavy (non-hydrogen) atoms. The topological polar surface area (TPSA) is 65.2 Å². The molecule has 1 heterocycles. The van der Waals surface area contributed by atoms with Crippen molar-refractivity contribution < 1.29 is 10.2 Å². The summed E-state index contributed by atoms with van der Waals surface area (Å²) in [5.74, 6) is 0. The van der Waals surface area contributed by atoms with E-state index in [1.807, 2.05) is 0 Å². The Kier molecular flexibility index (Phi) is 1.64. The fourth-order valence-corrected chi connectivity index (χ4v) is 1.23. The predicted molar refractivity (Wildman–Crippen MR) is 41.2 cm³/mol. The molecule has 1 aliphatic rings. The van der Waals surface area contributed by atoms with Gasteiger partial charge >= 0.3 is 0 Å². The van der Waals surface area contributed by atoms with Gasteiger partial charge in [-0.05, 0) is 0 Å². The maximum atomic E-state index is 9.31. The van der Waals surface area contributed by atoms with Crippen molar-refractivity contribution in [3.05, 3.63) is 35.4 Å². The summed E-state index contributed by atoms with van der Waals surface area (Å²) in [5, 5.41) is 25.6. The number of hydrogen-bond acceptors (Lipinski definition) is 4. The van der Waals surface area contributed by atoms with E-state index in [1.54, 1.807) is 24.3 Å². The van der Waals surface area contributed by atoms with Gasteiger partial charge in [-0.25, -0.2) is 0 Å². The van der Waals surface area contributed by atoms with E-state index in [4.69, 9.17) is 0 Å². The Balaban J connectivity index is 2.54. The van der Waals surface area contributed by atoms with Gasteiger partial charge in [0.25, 0.3) is 0 Å². The van der Waals surface area contributed by atoms with Gasteiger partial charge in [-0.1, -0.05) is 24.3 Å². The molecule has 0 saturated heterocycles. The van der Waals surface area contributed by atoms with Crippen LogP contribution in [0, 0.1) is 0 Å². The van der Waals surface area contributed by atoms with E-state index in [1.165, 1.54) is 0 Å². The zero-order valence-corrected chi connectivity index (χ0v) is 6.25. The van der Waals surface area contributed by atoms with Gasteiger partial charge in [0.15, 0.2) is 12.5 Å². The lowest BCUT2D eigenvalue weighted by molar-refractivity contribution is 0.118. The van der Waals surface area contributed by atoms with Gasteiger partial charge in [0.05, 0.1) is 0 Å². The van der Waals surface area contributed by atoms with E-state index < -0.39 is 12.5 Å². The number of benzene rings is 1. The van der Waals surface area contributed by atoms with Crippen LogP contribution < -0.4 is 0 Å². The van der Waals surface area contributed by atoms with E-state index in [9.17, 15) is 10.2 Å². The third kappa shape index (κ3) is 1.01. The Bertz CT molecular complexity index is 294. The standard InChI is InChI=1S/C8H8N2O2/c11-7-5-3-1-2-4-6(5)8(12)10-9-7/h1-4,7-8,11-12H. The van der Waals surface area contributed by atoms with Gasteiger partial charge in [-0.2, -0.15) is 10.2 Å². The number of fused-ring (bicyclic) bond motifs is 1. The molecule has 2 atom stereocenters. The van der Waals surface area contributed by atoms with Gasteiger partial charge in [0.2, 0.25) is 0 Å². The van der Waals surface area contributed by atoms with Crippen LogP contribution in [0.5, 0.6) is 0 Å². The second-order valence-electron chi connectivity index (χ2n) is 2.61. The number of aliphatic hydroxyl groups is 2. The van der Waals surface area contributed by atoms with Gasteiger partial charge in [0, 0.05) is 11.1 Å². The quantitative estimate of drug-likeness (QED) is 0.603. The minimum Gasteiger partial charge on any atom is -0.366 e. The van der Waals surface area contributed by atoms with Crippen LogP contribution in [0.1, 0.15) is 23.6 Å². The first-order valence-electron chi connectivity index (χ1n) is 3.64. The Morgan fingerprint density at radius 2 is 1.33 bits per heavy atom. The molecule has 0 aromatic heterocycles. The average molecular weight is 164 g/mol. The fraction of sp³-hybridized carbons (Fsp3) is 0.250. The summed E-state index contributed by atoms with van der Waals surface area (Å²) >= 11 is 0. The largest absolute Gasteiger partial charge is 0.366 e. The van der Waals surface area contributed by atoms with Crippen LogP contribution in [0.15, 0.2) is 34.5 Å². The van der Waals surface area contributed by atoms with Gasteiger partial charge in [-0.3, -0.25) is 0 Å². The lowest BCUT2D eigenvalue weighted by atomic mass is 10.0. The lowest BCUT2D eigenvalue weighted by Gasteiger charge is -2.17. The molecule has 0 bridgehead atoms. The van der Waals surface area contributed by atoms with Crippen LogP contribution in [0.2, 0.25) is 0 Å². The van der Waals surface area contributed by atoms with Gasteiger partial charge in [0.1, 0.15) is 0 Å². The third-order valence-electron chi connectivity index (χ3n) is 1.84. The van der Waals surface area contributed by atoms with Crippen LogP contribution in [0.3, 0.4) is 0 Å². The highest BCUT2D eigenvalue weighted by molar-refractivity contribution is 5.31. The summed E-state index contributed by atoms with van der Waals surface area (Å²) in [6, 6.07) is 7.02. The van der Waals surface area contributed by atoms with E-state index in [0.717, 1.165) is 0 Å². The molecular weight excluding hydrogens is 156 g/mol. The molecule has 2 rings (SSSR count). The zero-order chi connectivity index (χ0) is 8.55. The van der Waals surface area contributed by atoms with Crippen molar-refractivity contribution in [2.45, 2.75) is 12.5 Å². The molecule has 2 unspecified atom stereocenters. The number of nitrogens with zero attached hydrogens (tertiary/aromatic N) is 2. The number of rotatable bonds is 0. The summed E-state index contributed by atoms with van der Waals surface area (Å²) in [5.41, 5.74) is 1.25. The first kappa shape index (κ1) is 7.39. The smallest absolute Gasteiger partial charge is 0.192 e. The first-order valence-corrected chi connectivity index (χ1v) is 3.64. The Hall–Kier alpha value is -1.26. The van der Waals surface area contributed by atoms with Crippen LogP contribution in [0.25, 0.3) is 0 Å². The second kappa shape index (κ2) is 2.66. The fourth-order valence-electron chi connectivity index (χ4n) is 1.23. The van der Waals surface area contributed by atoms with Crippen molar-refractivity contribution in [1.29, 1.82) is 0 Å². The summed E-state index contributed by atoms with van der Waals surface area (Å²) in [6.07, 6.45) is -1.85. The number of aliphatic hydroxyl groups excluding tert-OH is 2. The lowest BCUT2D eigenvalue weighted by Crippen LogP contribution is -2.07. The van der Waals surface area contributed by atoms with Crippen molar-refractivity contribution in [1.82, 2.24) is 0 Å². The summed E-state index contributed by atoms with van der Waals surface area (Å²) in [6.45, 7) is 0. The minimum absolute atomic E-state index is 0.625. The second-order valence-corrected chi connectivity index (χ2v) is 2.61. The monoisotopic (exact) mass is 164 g/mol. The highest BCUT2D eigenvalue weighted by Crippen LogP contribution is 2.30. The molecule has 62 valence electrons. The normalized spacial score (nSPS) is 26.8. The molecule has 0 radical (unpaired) electrons. The maximum Gasteiger partial charge on any atom is 0.192 e. The molecule has 1 aromatic rings. The Labute approximate surface area is 69.2 Å². The molecular formula is C8H8N2O2. The van der Waals surface area contributed by atoms with Gasteiger partial charge in [-0.15, -0.1) is 0 Å². The molecule has 2 N–H and O–H groups in total. The molecule has 0 saturated carbocycles. The van der Waals surface area contributed by atoms with E-state index in [0.29, 0.717) is 11.1 Å². The highest BCUT2D eigenvalue weighted by Gasteiger charge is 2.20. The van der Waals surface area contributed by atoms with E-state index in [-0.39, 0.29) is 0 Å². The Morgan fingerprint density at radius 1 is 0.917 bits per heavy atom. The zero-order valence-electron chi connectivity index (χ0n) is 6.25. The summed E-state index contributed by atoms with van der Waals surface area (Å²) < 4.78 is 0. The molecule has 0 spiro atoms. The Morgan fingerprint density at radius 3 is 1.75 bits per heavy atom. The van der Waals surface area contributed by atoms with Crippen LogP contribution in [-0.2, 0) is 0 Å². The minimum atomic E-state index is -0.926. The van der Waals surface area contributed by atoms with Crippen LogP contribution in [0.4, 0.5) is 0 Å². The number of hydrogen-bond donors (Lipinski definition) is 2. The summed E-state index contributed by atoms with van der Waals surface area (Å²) in [4.78, 5) is 0. The van der Waals surface area contributed by atoms with Crippen molar-refractivity contribution in [2.75, 3.05) is 0 Å². The van der Waals surface area contributed by atoms with E-state index in [2.05, 4.69) is 10.2 Å². The SMILES string of the molecule is OC1N=NC(O)c2ccccc21. The van der Waals surface area contributed by atoms with Crippen molar-refractivity contribution in [3.8, 4) is 0 Å². The third-order valence-corrected chi connectivity index (χ3v) is 1.84. The predicted octanol–water partition coefficient (Wildman–Crippen LogP) is 1.13. The molecule has 0 aliphatic carbocycles. The average Bonchev–Trinajstić information content (AvgIpc) is 2.12. The molecule has 1 aliphatic heterocycles. The summed E-state index contributed by atoms with van der Waals surface area (Å²) in [7, 11) is 0. The van der Waals surface area contributed by atoms with Crippen LogP contribution >= 0.6 is 0 Å². The molecule has 0 fully saturated rings. The van der Waals surface area contributed by atoms with E-state index >= 15 is 0 Å². The van der Waals surface area contributed by atoms with Crippen molar-refractivity contribution in [3.63, 3.8) is 0 Å². The van der Waals surface area contributed by atoms with Crippen LogP contribution in [-0.4, -0.2) is 10.2 Å². The van der Waals surface area contributed by atoms with Crippen molar-refractivity contribution in [2.24, 2.45) is 10.2 Å².